The van der Waals surface area contributed by atoms with E-state index in [1.165, 1.54) is 5.57 Å². The molecule has 0 radical (unpaired) electrons. The second-order valence-electron chi connectivity index (χ2n) is 11.7. The van der Waals surface area contributed by atoms with Crippen molar-refractivity contribution in [1.29, 1.82) is 0 Å². The third kappa shape index (κ3) is 12.1. The first-order chi connectivity index (χ1) is 18.2. The molecular formula is C33H59N3O3. The highest BCUT2D eigenvalue weighted by Crippen LogP contribution is 2.35. The van der Waals surface area contributed by atoms with E-state index in [0.29, 0.717) is 30.4 Å². The van der Waals surface area contributed by atoms with E-state index in [-0.39, 0.29) is 23.1 Å². The van der Waals surface area contributed by atoms with Gasteiger partial charge in [-0.15, -0.1) is 0 Å². The molecule has 6 heteroatoms. The van der Waals surface area contributed by atoms with Gasteiger partial charge in [0.2, 0.25) is 11.7 Å². The molecule has 1 amide bonds. The van der Waals surface area contributed by atoms with Gasteiger partial charge in [0.1, 0.15) is 5.82 Å². The third-order valence-corrected chi connectivity index (χ3v) is 7.49. The van der Waals surface area contributed by atoms with Gasteiger partial charge in [-0.05, 0) is 58.3 Å². The fourth-order valence-corrected chi connectivity index (χ4v) is 5.11. The molecule has 6 nitrogen and oxygen atoms in total. The van der Waals surface area contributed by atoms with Crippen molar-refractivity contribution in [3.05, 3.63) is 45.7 Å². The quantitative estimate of drug-likeness (QED) is 0.319. The Kier molecular flexibility index (Phi) is 17.0. The molecule has 1 aromatic rings. The number of rotatable bonds is 9. The van der Waals surface area contributed by atoms with Crippen LogP contribution in [0.4, 0.5) is 0 Å². The predicted octanol–water partition coefficient (Wildman–Crippen LogP) is 8.00. The number of aromatic nitrogens is 2. The molecule has 2 heterocycles. The molecule has 0 aromatic carbocycles. The van der Waals surface area contributed by atoms with Crippen LogP contribution in [0.5, 0.6) is 5.75 Å². The van der Waals surface area contributed by atoms with E-state index in [1.54, 1.807) is 13.8 Å². The zero-order valence-corrected chi connectivity index (χ0v) is 27.1. The Morgan fingerprint density at radius 2 is 1.79 bits per heavy atom. The normalized spacial score (nSPS) is 16.6. The second kappa shape index (κ2) is 18.1. The zero-order chi connectivity index (χ0) is 30.3. The minimum absolute atomic E-state index is 0.0397. The summed E-state index contributed by atoms with van der Waals surface area (Å²) in [7, 11) is 0. The summed E-state index contributed by atoms with van der Waals surface area (Å²) in [6, 6.07) is 0.0397. The summed E-state index contributed by atoms with van der Waals surface area (Å²) in [5, 5.41) is 10.3. The van der Waals surface area contributed by atoms with Crippen LogP contribution in [-0.4, -0.2) is 38.1 Å². The number of nitrogens with zero attached hydrogens (tertiary/aromatic N) is 3. The minimum Gasteiger partial charge on any atom is -0.502 e. The molecule has 1 saturated heterocycles. The summed E-state index contributed by atoms with van der Waals surface area (Å²) in [6.07, 6.45) is 10.1. The summed E-state index contributed by atoms with van der Waals surface area (Å²) < 4.78 is 1.97. The molecule has 0 spiro atoms. The first-order valence-electron chi connectivity index (χ1n) is 15.1. The highest BCUT2D eigenvalue weighted by Gasteiger charge is 2.30. The molecular weight excluding hydrogens is 486 g/mol. The van der Waals surface area contributed by atoms with E-state index in [4.69, 9.17) is 0 Å². The van der Waals surface area contributed by atoms with E-state index in [1.807, 2.05) is 30.2 Å². The number of allylic oxidation sites excluding steroid dienone is 3. The van der Waals surface area contributed by atoms with Gasteiger partial charge in [0.15, 0.2) is 0 Å². The number of hydrogen-bond acceptors (Lipinski definition) is 4. The fourth-order valence-electron chi connectivity index (χ4n) is 5.11. The second-order valence-corrected chi connectivity index (χ2v) is 11.7. The number of likely N-dealkylation sites (tertiary alicyclic amines) is 1. The molecule has 2 atom stereocenters. The molecule has 0 aliphatic carbocycles. The Bertz CT molecular complexity index is 989. The molecule has 0 saturated carbocycles. The Morgan fingerprint density at radius 1 is 1.18 bits per heavy atom. The lowest BCUT2D eigenvalue weighted by molar-refractivity contribution is -0.131. The van der Waals surface area contributed by atoms with Crippen LogP contribution in [-0.2, 0) is 17.8 Å². The van der Waals surface area contributed by atoms with Crippen LogP contribution >= 0.6 is 0 Å². The SMILES string of the molecule is C=C(C)C(C)(CCCC)Cc1nc(=O)c(O)c(C)n1CC1CCCCCN1C(C)=O.CC.CC(C)=CC(C)C. The van der Waals surface area contributed by atoms with Gasteiger partial charge in [-0.1, -0.05) is 91.0 Å². The number of carbonyl (C=O) groups is 1. The maximum atomic E-state index is 12.3. The van der Waals surface area contributed by atoms with Crippen molar-refractivity contribution in [2.45, 2.75) is 140 Å². The highest BCUT2D eigenvalue weighted by molar-refractivity contribution is 5.73. The van der Waals surface area contributed by atoms with E-state index in [2.05, 4.69) is 59.2 Å². The van der Waals surface area contributed by atoms with Gasteiger partial charge in [0, 0.05) is 32.5 Å². The Hall–Kier alpha value is -2.37. The number of unbranched alkanes of at least 4 members (excludes halogenated alkanes) is 1. The molecule has 1 N–H and O–H groups in total. The van der Waals surface area contributed by atoms with Crippen molar-refractivity contribution in [2.24, 2.45) is 11.3 Å². The Morgan fingerprint density at radius 3 is 2.26 bits per heavy atom. The lowest BCUT2D eigenvalue weighted by Crippen LogP contribution is -2.42. The molecule has 39 heavy (non-hydrogen) atoms. The van der Waals surface area contributed by atoms with Gasteiger partial charge >= 0.3 is 5.56 Å². The van der Waals surface area contributed by atoms with Gasteiger partial charge in [0.25, 0.3) is 0 Å². The van der Waals surface area contributed by atoms with E-state index in [0.717, 1.165) is 57.1 Å². The van der Waals surface area contributed by atoms with Crippen LogP contribution < -0.4 is 5.56 Å². The predicted molar refractivity (Wildman–Crippen MR) is 166 cm³/mol. The zero-order valence-electron chi connectivity index (χ0n) is 27.1. The van der Waals surface area contributed by atoms with Crippen LogP contribution in [0.25, 0.3) is 0 Å². The van der Waals surface area contributed by atoms with Crippen molar-refractivity contribution in [3.63, 3.8) is 0 Å². The summed E-state index contributed by atoms with van der Waals surface area (Å²) in [4.78, 5) is 30.8. The molecule has 224 valence electrons. The first kappa shape index (κ1) is 36.6. The number of amides is 1. The van der Waals surface area contributed by atoms with Gasteiger partial charge in [-0.3, -0.25) is 9.59 Å². The molecule has 2 rings (SSSR count). The summed E-state index contributed by atoms with van der Waals surface area (Å²) in [5.74, 6) is 1.16. The van der Waals surface area contributed by atoms with Crippen LogP contribution in [0, 0.1) is 18.3 Å². The van der Waals surface area contributed by atoms with E-state index in [9.17, 15) is 14.7 Å². The largest absolute Gasteiger partial charge is 0.502 e. The van der Waals surface area contributed by atoms with E-state index >= 15 is 0 Å². The summed E-state index contributed by atoms with van der Waals surface area (Å²) in [5.41, 5.74) is 2.25. The van der Waals surface area contributed by atoms with Gasteiger partial charge in [-0.25, -0.2) is 0 Å². The third-order valence-electron chi connectivity index (χ3n) is 7.49. The maximum absolute atomic E-state index is 12.3. The van der Waals surface area contributed by atoms with Crippen molar-refractivity contribution < 1.29 is 9.90 Å². The highest BCUT2D eigenvalue weighted by atomic mass is 16.3. The number of aromatic hydroxyl groups is 1. The molecule has 2 unspecified atom stereocenters. The van der Waals surface area contributed by atoms with Crippen LogP contribution in [0.15, 0.2) is 28.6 Å². The van der Waals surface area contributed by atoms with Gasteiger partial charge in [0.05, 0.1) is 5.69 Å². The van der Waals surface area contributed by atoms with Crippen molar-refractivity contribution in [3.8, 4) is 5.75 Å². The maximum Gasteiger partial charge on any atom is 0.315 e. The topological polar surface area (TPSA) is 75.4 Å². The lowest BCUT2D eigenvalue weighted by atomic mass is 9.76. The number of hydrogen-bond donors (Lipinski definition) is 1. The first-order valence-corrected chi connectivity index (χ1v) is 15.1. The van der Waals surface area contributed by atoms with Crippen LogP contribution in [0.1, 0.15) is 126 Å². The average Bonchev–Trinajstić information content (AvgIpc) is 3.10. The molecule has 1 aromatic heterocycles. The average molecular weight is 546 g/mol. The Labute approximate surface area is 239 Å². The van der Waals surface area contributed by atoms with Gasteiger partial charge in [-0.2, -0.15) is 4.98 Å². The van der Waals surface area contributed by atoms with E-state index < -0.39 is 5.56 Å². The van der Waals surface area contributed by atoms with Crippen molar-refractivity contribution in [1.82, 2.24) is 14.5 Å². The van der Waals surface area contributed by atoms with Crippen molar-refractivity contribution in [2.75, 3.05) is 6.54 Å². The molecule has 1 aliphatic heterocycles. The Balaban J connectivity index is 0.00000139. The summed E-state index contributed by atoms with van der Waals surface area (Å²) >= 11 is 0. The van der Waals surface area contributed by atoms with Gasteiger partial charge < -0.3 is 14.6 Å². The van der Waals surface area contributed by atoms with Crippen LogP contribution in [0.3, 0.4) is 0 Å². The monoisotopic (exact) mass is 545 g/mol. The molecule has 1 fully saturated rings. The lowest BCUT2D eigenvalue weighted by Gasteiger charge is -2.34. The van der Waals surface area contributed by atoms with Crippen LogP contribution in [0.2, 0.25) is 0 Å². The molecule has 1 aliphatic rings. The number of carbonyl (C=O) groups excluding carboxylic acids is 1. The standard InChI is InChI=1S/C24H39N3O3.C7H14.C2H6/c1-7-8-13-24(6,17(2)3)15-21-25-23(30)22(29)18(4)27(21)16-20-12-10-9-11-14-26(20)19(5)28;1-6(2)5-7(3)4;1-2/h20,29H,2,7-16H2,1,3-6H3;5-6H,1-4H3;1-2H3. The molecule has 0 bridgehead atoms. The smallest absolute Gasteiger partial charge is 0.315 e. The minimum atomic E-state index is -0.581. The fraction of sp³-hybridized carbons (Fsp3) is 0.727. The van der Waals surface area contributed by atoms with Crippen molar-refractivity contribution >= 4 is 5.91 Å². The summed E-state index contributed by atoms with van der Waals surface area (Å²) in [6.45, 7) is 27.9.